The molecule has 1 aromatic rings. The first-order chi connectivity index (χ1) is 7.33. The lowest BCUT2D eigenvalue weighted by Gasteiger charge is -2.12. The van der Waals surface area contributed by atoms with Gasteiger partial charge in [0.15, 0.2) is 11.5 Å². The number of ether oxygens (including phenoxy) is 2. The molecule has 0 bridgehead atoms. The van der Waals surface area contributed by atoms with Gasteiger partial charge in [-0.2, -0.15) is 0 Å². The van der Waals surface area contributed by atoms with E-state index in [1.165, 1.54) is 19.2 Å². The fourth-order valence-corrected chi connectivity index (χ4v) is 1.03. The molecule has 0 atom stereocenters. The van der Waals surface area contributed by atoms with Gasteiger partial charge in [0.1, 0.15) is 0 Å². The van der Waals surface area contributed by atoms with Crippen LogP contribution in [0, 0.1) is 0 Å². The van der Waals surface area contributed by atoms with Crippen LogP contribution >= 0.6 is 0 Å². The summed E-state index contributed by atoms with van der Waals surface area (Å²) in [6, 6.07) is 3.28. The molecule has 0 aliphatic rings. The Labute approximate surface area is 88.8 Å². The molecule has 0 fully saturated rings. The zero-order valence-electron chi connectivity index (χ0n) is 8.17. The summed E-state index contributed by atoms with van der Waals surface area (Å²) in [7, 11) is 1.18. The Hall–Kier alpha value is -1.92. The van der Waals surface area contributed by atoms with Gasteiger partial charge in [-0.3, -0.25) is 4.79 Å². The number of nitrogens with two attached hydrogens (primary N) is 1. The summed E-state index contributed by atoms with van der Waals surface area (Å²) in [4.78, 5) is 10.8. The lowest BCUT2D eigenvalue weighted by Crippen LogP contribution is -2.18. The lowest BCUT2D eigenvalue weighted by atomic mass is 10.2. The Kier molecular flexibility index (Phi) is 3.26. The van der Waals surface area contributed by atoms with Gasteiger partial charge in [-0.05, 0) is 18.2 Å². The van der Waals surface area contributed by atoms with Crippen molar-refractivity contribution in [3.63, 3.8) is 0 Å². The van der Waals surface area contributed by atoms with Crippen LogP contribution in [0.2, 0.25) is 0 Å². The molecule has 1 rings (SSSR count). The molecule has 1 aromatic carbocycles. The van der Waals surface area contributed by atoms with E-state index < -0.39 is 18.0 Å². The lowest BCUT2D eigenvalue weighted by molar-refractivity contribution is -0.275. The minimum atomic E-state index is -4.86. The van der Waals surface area contributed by atoms with E-state index in [1.54, 1.807) is 0 Å². The number of hydrogen-bond donors (Lipinski definition) is 1. The van der Waals surface area contributed by atoms with Crippen LogP contribution in [-0.4, -0.2) is 19.4 Å². The SMILES string of the molecule is COc1ccc(C(N)=O)cc1OC(F)(F)F. The fraction of sp³-hybridized carbons (Fsp3) is 0.222. The minimum Gasteiger partial charge on any atom is -0.493 e. The molecule has 88 valence electrons. The van der Waals surface area contributed by atoms with E-state index in [2.05, 4.69) is 9.47 Å². The van der Waals surface area contributed by atoms with Crippen LogP contribution in [0.1, 0.15) is 10.4 Å². The molecule has 4 nitrogen and oxygen atoms in total. The summed E-state index contributed by atoms with van der Waals surface area (Å²) < 4.78 is 44.3. The average molecular weight is 235 g/mol. The molecule has 0 unspecified atom stereocenters. The maximum atomic E-state index is 12.0. The molecule has 0 saturated heterocycles. The van der Waals surface area contributed by atoms with E-state index in [9.17, 15) is 18.0 Å². The maximum absolute atomic E-state index is 12.0. The van der Waals surface area contributed by atoms with Crippen LogP contribution in [0.4, 0.5) is 13.2 Å². The first kappa shape index (κ1) is 12.2. The molecular weight excluding hydrogens is 227 g/mol. The van der Waals surface area contributed by atoms with Crippen LogP contribution in [-0.2, 0) is 0 Å². The number of methoxy groups -OCH3 is 1. The Morgan fingerprint density at radius 2 is 1.94 bits per heavy atom. The number of primary amides is 1. The Bertz CT molecular complexity index is 403. The van der Waals surface area contributed by atoms with E-state index in [-0.39, 0.29) is 11.3 Å². The van der Waals surface area contributed by atoms with Crippen molar-refractivity contribution in [1.29, 1.82) is 0 Å². The molecule has 0 saturated carbocycles. The molecule has 0 radical (unpaired) electrons. The highest BCUT2D eigenvalue weighted by Gasteiger charge is 2.32. The molecule has 2 N–H and O–H groups in total. The first-order valence-corrected chi connectivity index (χ1v) is 4.07. The third-order valence-corrected chi connectivity index (χ3v) is 1.67. The summed E-state index contributed by atoms with van der Waals surface area (Å²) >= 11 is 0. The molecule has 0 heterocycles. The summed E-state index contributed by atoms with van der Waals surface area (Å²) in [5.74, 6) is -1.59. The largest absolute Gasteiger partial charge is 0.573 e. The zero-order valence-corrected chi connectivity index (χ0v) is 8.17. The molecule has 1 amide bonds. The monoisotopic (exact) mass is 235 g/mol. The number of carbonyl (C=O) groups is 1. The summed E-state index contributed by atoms with van der Waals surface area (Å²) in [6.07, 6.45) is -4.86. The van der Waals surface area contributed by atoms with Gasteiger partial charge in [0, 0.05) is 5.56 Å². The number of hydrogen-bond acceptors (Lipinski definition) is 3. The van der Waals surface area contributed by atoms with Gasteiger partial charge in [0.25, 0.3) is 0 Å². The molecule has 7 heteroatoms. The summed E-state index contributed by atoms with van der Waals surface area (Å²) in [6.45, 7) is 0. The Morgan fingerprint density at radius 3 is 2.38 bits per heavy atom. The maximum Gasteiger partial charge on any atom is 0.573 e. The van der Waals surface area contributed by atoms with Gasteiger partial charge in [0.05, 0.1) is 7.11 Å². The van der Waals surface area contributed by atoms with Crippen molar-refractivity contribution in [3.05, 3.63) is 23.8 Å². The quantitative estimate of drug-likeness (QED) is 0.867. The number of rotatable bonds is 3. The van der Waals surface area contributed by atoms with Gasteiger partial charge in [-0.15, -0.1) is 13.2 Å². The van der Waals surface area contributed by atoms with E-state index in [0.717, 1.165) is 6.07 Å². The van der Waals surface area contributed by atoms with Crippen molar-refractivity contribution in [2.75, 3.05) is 7.11 Å². The van der Waals surface area contributed by atoms with Crippen LogP contribution < -0.4 is 15.2 Å². The predicted octanol–water partition coefficient (Wildman–Crippen LogP) is 1.69. The number of carbonyl (C=O) groups excluding carboxylic acids is 1. The molecule has 0 spiro atoms. The van der Waals surface area contributed by atoms with Crippen molar-refractivity contribution in [1.82, 2.24) is 0 Å². The summed E-state index contributed by atoms with van der Waals surface area (Å²) in [5, 5.41) is 0. The zero-order chi connectivity index (χ0) is 12.3. The van der Waals surface area contributed by atoms with E-state index in [4.69, 9.17) is 5.73 Å². The Balaban J connectivity index is 3.12. The predicted molar refractivity (Wildman–Crippen MR) is 48.2 cm³/mol. The molecule has 16 heavy (non-hydrogen) atoms. The van der Waals surface area contributed by atoms with E-state index in [1.807, 2.05) is 0 Å². The van der Waals surface area contributed by atoms with Crippen molar-refractivity contribution < 1.29 is 27.4 Å². The highest BCUT2D eigenvalue weighted by molar-refractivity contribution is 5.93. The minimum absolute atomic E-state index is 0.0972. The third kappa shape index (κ3) is 3.04. The second kappa shape index (κ2) is 4.30. The highest BCUT2D eigenvalue weighted by atomic mass is 19.4. The van der Waals surface area contributed by atoms with Crippen LogP contribution in [0.25, 0.3) is 0 Å². The van der Waals surface area contributed by atoms with Crippen molar-refractivity contribution >= 4 is 5.91 Å². The summed E-state index contributed by atoms with van der Waals surface area (Å²) in [5.41, 5.74) is 4.82. The van der Waals surface area contributed by atoms with Gasteiger partial charge in [-0.25, -0.2) is 0 Å². The first-order valence-electron chi connectivity index (χ1n) is 4.07. The second-order valence-electron chi connectivity index (χ2n) is 2.78. The van der Waals surface area contributed by atoms with Gasteiger partial charge in [0.2, 0.25) is 5.91 Å². The van der Waals surface area contributed by atoms with Gasteiger partial charge in [-0.1, -0.05) is 0 Å². The molecule has 0 aliphatic heterocycles. The number of alkyl halides is 3. The number of benzene rings is 1. The van der Waals surface area contributed by atoms with Crippen LogP contribution in [0.15, 0.2) is 18.2 Å². The molecular formula is C9H8F3NO3. The normalized spacial score (nSPS) is 11.0. The van der Waals surface area contributed by atoms with Crippen molar-refractivity contribution in [2.24, 2.45) is 5.73 Å². The number of halogens is 3. The van der Waals surface area contributed by atoms with Crippen molar-refractivity contribution in [2.45, 2.75) is 6.36 Å². The van der Waals surface area contributed by atoms with E-state index >= 15 is 0 Å². The van der Waals surface area contributed by atoms with Gasteiger partial charge < -0.3 is 15.2 Å². The number of amides is 1. The smallest absolute Gasteiger partial charge is 0.493 e. The highest BCUT2D eigenvalue weighted by Crippen LogP contribution is 2.32. The van der Waals surface area contributed by atoms with Crippen molar-refractivity contribution in [3.8, 4) is 11.5 Å². The van der Waals surface area contributed by atoms with Gasteiger partial charge >= 0.3 is 6.36 Å². The third-order valence-electron chi connectivity index (χ3n) is 1.67. The van der Waals surface area contributed by atoms with Crippen LogP contribution in [0.3, 0.4) is 0 Å². The Morgan fingerprint density at radius 1 is 1.31 bits per heavy atom. The topological polar surface area (TPSA) is 61.5 Å². The van der Waals surface area contributed by atoms with Crippen LogP contribution in [0.5, 0.6) is 11.5 Å². The standard InChI is InChI=1S/C9H8F3NO3/c1-15-6-3-2-5(8(13)14)4-7(6)16-9(10,11)12/h2-4H,1H3,(H2,13,14). The molecule has 0 aromatic heterocycles. The second-order valence-corrected chi connectivity index (χ2v) is 2.78. The average Bonchev–Trinajstić information content (AvgIpc) is 2.15. The van der Waals surface area contributed by atoms with E-state index in [0.29, 0.717) is 0 Å². The molecule has 0 aliphatic carbocycles. The fourth-order valence-electron chi connectivity index (χ4n) is 1.03.